The Balaban J connectivity index is 1.78. The molecule has 2 aliphatic rings. The molecule has 3 N–H and O–H groups in total. The standard InChI is InChI=1S/C19H22N4O3/c24-14-8-4-3-7-12(14)13-11-15(25)20-17-16(13)18(26)22-19(21-17)23-9-5-1-2-6-10-23/h3-4,7-8,13,24H,1-2,5-6,9-11H2,(H2,20,21,22,25,26). The third-order valence-corrected chi connectivity index (χ3v) is 5.16. The van der Waals surface area contributed by atoms with Gasteiger partial charge in [0.1, 0.15) is 11.6 Å². The van der Waals surface area contributed by atoms with Crippen LogP contribution in [0.25, 0.3) is 0 Å². The predicted molar refractivity (Wildman–Crippen MR) is 98.7 cm³/mol. The molecule has 0 spiro atoms. The van der Waals surface area contributed by atoms with Crippen molar-refractivity contribution in [1.29, 1.82) is 0 Å². The lowest BCUT2D eigenvalue weighted by molar-refractivity contribution is -0.116. The number of H-pyrrole nitrogens is 1. The molecule has 1 saturated heterocycles. The number of hydrogen-bond donors (Lipinski definition) is 3. The summed E-state index contributed by atoms with van der Waals surface area (Å²) in [7, 11) is 0. The molecule has 1 aromatic carbocycles. The maximum absolute atomic E-state index is 12.9. The number of para-hydroxylation sites is 1. The van der Waals surface area contributed by atoms with Gasteiger partial charge in [0, 0.05) is 31.0 Å². The minimum atomic E-state index is -0.505. The largest absolute Gasteiger partial charge is 0.508 e. The fourth-order valence-corrected chi connectivity index (χ4v) is 3.84. The first-order valence-electron chi connectivity index (χ1n) is 9.10. The number of anilines is 2. The zero-order chi connectivity index (χ0) is 18.1. The minimum Gasteiger partial charge on any atom is -0.508 e. The summed E-state index contributed by atoms with van der Waals surface area (Å²) in [5, 5.41) is 12.9. The van der Waals surface area contributed by atoms with Crippen molar-refractivity contribution >= 4 is 17.7 Å². The molecular weight excluding hydrogens is 332 g/mol. The molecule has 1 fully saturated rings. The van der Waals surface area contributed by atoms with Crippen LogP contribution in [0, 0.1) is 0 Å². The van der Waals surface area contributed by atoms with Gasteiger partial charge in [-0.05, 0) is 18.9 Å². The lowest BCUT2D eigenvalue weighted by Gasteiger charge is -2.27. The Morgan fingerprint density at radius 2 is 1.81 bits per heavy atom. The maximum Gasteiger partial charge on any atom is 0.258 e. The van der Waals surface area contributed by atoms with Crippen molar-refractivity contribution in [2.45, 2.75) is 38.0 Å². The minimum absolute atomic E-state index is 0.0779. The second kappa shape index (κ2) is 6.82. The topological polar surface area (TPSA) is 98.3 Å². The Labute approximate surface area is 151 Å². The van der Waals surface area contributed by atoms with E-state index in [0.29, 0.717) is 22.9 Å². The van der Waals surface area contributed by atoms with Gasteiger partial charge in [-0.3, -0.25) is 14.6 Å². The van der Waals surface area contributed by atoms with Gasteiger partial charge in [-0.2, -0.15) is 4.98 Å². The molecule has 1 atom stereocenters. The first-order valence-corrected chi connectivity index (χ1v) is 9.10. The molecule has 1 amide bonds. The fourth-order valence-electron chi connectivity index (χ4n) is 3.84. The number of amides is 1. The second-order valence-corrected chi connectivity index (χ2v) is 6.92. The highest BCUT2D eigenvalue weighted by molar-refractivity contribution is 5.94. The van der Waals surface area contributed by atoms with Crippen molar-refractivity contribution in [3.05, 3.63) is 45.7 Å². The summed E-state index contributed by atoms with van der Waals surface area (Å²) in [6.45, 7) is 1.69. The molecular formula is C19H22N4O3. The van der Waals surface area contributed by atoms with E-state index >= 15 is 0 Å². The monoisotopic (exact) mass is 354 g/mol. The molecule has 2 aliphatic heterocycles. The van der Waals surface area contributed by atoms with Crippen LogP contribution in [0.1, 0.15) is 49.1 Å². The number of phenolic OH excluding ortho intramolecular Hbond substituents is 1. The van der Waals surface area contributed by atoms with E-state index in [1.54, 1.807) is 24.3 Å². The van der Waals surface area contributed by atoms with Gasteiger partial charge in [0.25, 0.3) is 5.56 Å². The first kappa shape index (κ1) is 16.6. The van der Waals surface area contributed by atoms with E-state index in [2.05, 4.69) is 20.2 Å². The number of carbonyl (C=O) groups excluding carboxylic acids is 1. The van der Waals surface area contributed by atoms with Crippen LogP contribution in [-0.4, -0.2) is 34.1 Å². The molecule has 3 heterocycles. The van der Waals surface area contributed by atoms with Crippen LogP contribution in [0.2, 0.25) is 0 Å². The van der Waals surface area contributed by atoms with Crippen molar-refractivity contribution in [2.75, 3.05) is 23.3 Å². The van der Waals surface area contributed by atoms with Gasteiger partial charge in [-0.1, -0.05) is 31.0 Å². The Morgan fingerprint density at radius 3 is 2.54 bits per heavy atom. The van der Waals surface area contributed by atoms with Crippen LogP contribution in [0.4, 0.5) is 11.8 Å². The number of nitrogens with zero attached hydrogens (tertiary/aromatic N) is 2. The van der Waals surface area contributed by atoms with E-state index in [1.165, 1.54) is 12.8 Å². The van der Waals surface area contributed by atoms with Gasteiger partial charge in [-0.25, -0.2) is 0 Å². The SMILES string of the molecule is O=C1CC(c2ccccc2O)c2c(nc(N3CCCCCC3)[nH]c2=O)N1. The lowest BCUT2D eigenvalue weighted by atomic mass is 9.86. The summed E-state index contributed by atoms with van der Waals surface area (Å²) in [6, 6.07) is 6.81. The number of benzene rings is 1. The Hall–Kier alpha value is -2.83. The van der Waals surface area contributed by atoms with Crippen molar-refractivity contribution in [3.8, 4) is 5.75 Å². The number of rotatable bonds is 2. The molecule has 7 nitrogen and oxygen atoms in total. The van der Waals surface area contributed by atoms with Crippen molar-refractivity contribution < 1.29 is 9.90 Å². The summed E-state index contributed by atoms with van der Waals surface area (Å²) in [4.78, 5) is 34.6. The molecule has 4 rings (SSSR count). The number of phenols is 1. The average Bonchev–Trinajstić information content (AvgIpc) is 2.90. The molecule has 0 radical (unpaired) electrons. The van der Waals surface area contributed by atoms with Crippen LogP contribution in [0.5, 0.6) is 5.75 Å². The number of carbonyl (C=O) groups is 1. The van der Waals surface area contributed by atoms with Crippen molar-refractivity contribution in [3.63, 3.8) is 0 Å². The number of nitrogens with one attached hydrogen (secondary N) is 2. The van der Waals surface area contributed by atoms with Crippen LogP contribution in [-0.2, 0) is 4.79 Å². The molecule has 0 aliphatic carbocycles. The Morgan fingerprint density at radius 1 is 1.08 bits per heavy atom. The van der Waals surface area contributed by atoms with E-state index in [1.807, 2.05) is 0 Å². The van der Waals surface area contributed by atoms with Crippen LogP contribution in [0.15, 0.2) is 29.1 Å². The van der Waals surface area contributed by atoms with Crippen LogP contribution < -0.4 is 15.8 Å². The third kappa shape index (κ3) is 3.05. The first-order chi connectivity index (χ1) is 12.6. The summed E-state index contributed by atoms with van der Waals surface area (Å²) in [5.41, 5.74) is 0.714. The fraction of sp³-hybridized carbons (Fsp3) is 0.421. The smallest absolute Gasteiger partial charge is 0.258 e. The van der Waals surface area contributed by atoms with Gasteiger partial charge < -0.3 is 15.3 Å². The van der Waals surface area contributed by atoms with Crippen LogP contribution >= 0.6 is 0 Å². The molecule has 7 heteroatoms. The summed E-state index contributed by atoms with van der Waals surface area (Å²) < 4.78 is 0. The van der Waals surface area contributed by atoms with Gasteiger partial charge in [0.2, 0.25) is 11.9 Å². The van der Waals surface area contributed by atoms with Gasteiger partial charge in [-0.15, -0.1) is 0 Å². The molecule has 1 unspecified atom stereocenters. The summed E-state index contributed by atoms with van der Waals surface area (Å²) in [5.74, 6) is 0.181. The second-order valence-electron chi connectivity index (χ2n) is 6.92. The predicted octanol–water partition coefficient (Wildman–Crippen LogP) is 2.33. The summed E-state index contributed by atoms with van der Waals surface area (Å²) in [6.07, 6.45) is 4.59. The lowest BCUT2D eigenvalue weighted by Crippen LogP contribution is -2.34. The number of aromatic amines is 1. The van der Waals surface area contributed by atoms with Crippen molar-refractivity contribution in [1.82, 2.24) is 9.97 Å². The number of hydrogen-bond acceptors (Lipinski definition) is 5. The van der Waals surface area contributed by atoms with Crippen LogP contribution in [0.3, 0.4) is 0 Å². The quantitative estimate of drug-likeness (QED) is 0.769. The summed E-state index contributed by atoms with van der Waals surface area (Å²) >= 11 is 0. The Kier molecular flexibility index (Phi) is 4.36. The van der Waals surface area contributed by atoms with E-state index in [4.69, 9.17) is 0 Å². The average molecular weight is 354 g/mol. The molecule has 26 heavy (non-hydrogen) atoms. The van der Waals surface area contributed by atoms with Gasteiger partial charge >= 0.3 is 0 Å². The molecule has 0 bridgehead atoms. The maximum atomic E-state index is 12.9. The molecule has 0 saturated carbocycles. The third-order valence-electron chi connectivity index (χ3n) is 5.16. The normalized spacial score (nSPS) is 20.2. The van der Waals surface area contributed by atoms with E-state index in [9.17, 15) is 14.7 Å². The zero-order valence-electron chi connectivity index (χ0n) is 14.5. The van der Waals surface area contributed by atoms with E-state index in [-0.39, 0.29) is 23.6 Å². The van der Waals surface area contributed by atoms with E-state index < -0.39 is 5.92 Å². The molecule has 1 aromatic heterocycles. The highest BCUT2D eigenvalue weighted by Gasteiger charge is 2.32. The highest BCUT2D eigenvalue weighted by atomic mass is 16.3. The van der Waals surface area contributed by atoms with Gasteiger partial charge in [0.15, 0.2) is 0 Å². The highest BCUT2D eigenvalue weighted by Crippen LogP contribution is 2.38. The zero-order valence-corrected chi connectivity index (χ0v) is 14.5. The number of fused-ring (bicyclic) bond motifs is 1. The molecule has 136 valence electrons. The Bertz CT molecular complexity index is 885. The van der Waals surface area contributed by atoms with Crippen molar-refractivity contribution in [2.24, 2.45) is 0 Å². The molecule has 2 aromatic rings. The van der Waals surface area contributed by atoms with Gasteiger partial charge in [0.05, 0.1) is 5.56 Å². The number of aromatic hydroxyl groups is 1. The number of aromatic nitrogens is 2. The van der Waals surface area contributed by atoms with E-state index in [0.717, 1.165) is 25.9 Å².